The third kappa shape index (κ3) is 5.34. The minimum atomic E-state index is 0.0470. The molecular formula is C18H28N2O2. The van der Waals surface area contributed by atoms with Gasteiger partial charge in [0.1, 0.15) is 5.75 Å². The van der Waals surface area contributed by atoms with Gasteiger partial charge in [-0.25, -0.2) is 0 Å². The first-order valence-electron chi connectivity index (χ1n) is 8.34. The van der Waals surface area contributed by atoms with E-state index < -0.39 is 0 Å². The van der Waals surface area contributed by atoms with Crippen molar-refractivity contribution in [3.63, 3.8) is 0 Å². The summed E-state index contributed by atoms with van der Waals surface area (Å²) in [7, 11) is 0. The SMILES string of the molecule is CC(C)CCOc1ccc(NC(=O)C2CCCC(N)C2)cc1. The summed E-state index contributed by atoms with van der Waals surface area (Å²) in [4.78, 5) is 12.2. The molecule has 2 unspecified atom stereocenters. The number of nitrogens with one attached hydrogen (secondary N) is 1. The van der Waals surface area contributed by atoms with Gasteiger partial charge in [-0.05, 0) is 55.9 Å². The van der Waals surface area contributed by atoms with Crippen LogP contribution in [-0.4, -0.2) is 18.6 Å². The molecule has 22 heavy (non-hydrogen) atoms. The molecule has 1 saturated carbocycles. The van der Waals surface area contributed by atoms with Gasteiger partial charge in [0.15, 0.2) is 0 Å². The zero-order chi connectivity index (χ0) is 15.9. The van der Waals surface area contributed by atoms with Crippen molar-refractivity contribution >= 4 is 11.6 Å². The van der Waals surface area contributed by atoms with E-state index in [9.17, 15) is 4.79 Å². The Labute approximate surface area is 133 Å². The molecule has 1 aliphatic rings. The second-order valence-corrected chi connectivity index (χ2v) is 6.67. The van der Waals surface area contributed by atoms with Gasteiger partial charge < -0.3 is 15.8 Å². The highest BCUT2D eigenvalue weighted by Gasteiger charge is 2.25. The van der Waals surface area contributed by atoms with Crippen molar-refractivity contribution in [2.24, 2.45) is 17.6 Å². The van der Waals surface area contributed by atoms with Crippen LogP contribution in [0.15, 0.2) is 24.3 Å². The summed E-state index contributed by atoms with van der Waals surface area (Å²) in [5.74, 6) is 1.62. The van der Waals surface area contributed by atoms with Crippen LogP contribution in [0.2, 0.25) is 0 Å². The minimum absolute atomic E-state index is 0.0470. The molecule has 2 atom stereocenters. The molecule has 0 bridgehead atoms. The molecule has 0 radical (unpaired) electrons. The Balaban J connectivity index is 1.81. The first kappa shape index (κ1) is 16.8. The Bertz CT molecular complexity index is 470. The molecule has 1 aromatic rings. The van der Waals surface area contributed by atoms with E-state index in [1.165, 1.54) is 0 Å². The van der Waals surface area contributed by atoms with Crippen LogP contribution in [0, 0.1) is 11.8 Å². The van der Waals surface area contributed by atoms with Gasteiger partial charge in [0.2, 0.25) is 5.91 Å². The molecular weight excluding hydrogens is 276 g/mol. The quantitative estimate of drug-likeness (QED) is 0.844. The molecule has 0 heterocycles. The van der Waals surface area contributed by atoms with E-state index in [0.717, 1.165) is 50.1 Å². The molecule has 1 amide bonds. The fraction of sp³-hybridized carbons (Fsp3) is 0.611. The van der Waals surface area contributed by atoms with Crippen molar-refractivity contribution in [3.05, 3.63) is 24.3 Å². The lowest BCUT2D eigenvalue weighted by molar-refractivity contribution is -0.120. The maximum absolute atomic E-state index is 12.2. The highest BCUT2D eigenvalue weighted by molar-refractivity contribution is 5.92. The molecule has 0 saturated heterocycles. The number of hydrogen-bond acceptors (Lipinski definition) is 3. The van der Waals surface area contributed by atoms with E-state index in [0.29, 0.717) is 5.92 Å². The fourth-order valence-electron chi connectivity index (χ4n) is 2.76. The second-order valence-electron chi connectivity index (χ2n) is 6.67. The molecule has 0 spiro atoms. The van der Waals surface area contributed by atoms with Gasteiger partial charge in [-0.1, -0.05) is 20.3 Å². The molecule has 4 nitrogen and oxygen atoms in total. The zero-order valence-corrected chi connectivity index (χ0v) is 13.7. The number of carbonyl (C=O) groups excluding carboxylic acids is 1. The molecule has 1 aromatic carbocycles. The van der Waals surface area contributed by atoms with E-state index in [4.69, 9.17) is 10.5 Å². The predicted octanol–water partition coefficient (Wildman–Crippen LogP) is 3.57. The van der Waals surface area contributed by atoms with Crippen molar-refractivity contribution in [1.29, 1.82) is 0 Å². The van der Waals surface area contributed by atoms with E-state index in [-0.39, 0.29) is 17.9 Å². The molecule has 4 heteroatoms. The first-order valence-corrected chi connectivity index (χ1v) is 8.34. The maximum atomic E-state index is 12.2. The normalized spacial score (nSPS) is 21.6. The van der Waals surface area contributed by atoms with Gasteiger partial charge in [0.05, 0.1) is 6.61 Å². The van der Waals surface area contributed by atoms with Gasteiger partial charge in [-0.3, -0.25) is 4.79 Å². The molecule has 0 aliphatic heterocycles. The predicted molar refractivity (Wildman–Crippen MR) is 90.0 cm³/mol. The van der Waals surface area contributed by atoms with Crippen molar-refractivity contribution < 1.29 is 9.53 Å². The van der Waals surface area contributed by atoms with Gasteiger partial charge in [0.25, 0.3) is 0 Å². The van der Waals surface area contributed by atoms with Crippen molar-refractivity contribution in [3.8, 4) is 5.75 Å². The maximum Gasteiger partial charge on any atom is 0.227 e. The number of carbonyl (C=O) groups is 1. The molecule has 3 N–H and O–H groups in total. The summed E-state index contributed by atoms with van der Waals surface area (Å²) >= 11 is 0. The number of benzene rings is 1. The van der Waals surface area contributed by atoms with Gasteiger partial charge in [-0.15, -0.1) is 0 Å². The van der Waals surface area contributed by atoms with Crippen LogP contribution in [0.3, 0.4) is 0 Å². The van der Waals surface area contributed by atoms with Crippen molar-refractivity contribution in [2.75, 3.05) is 11.9 Å². The van der Waals surface area contributed by atoms with Crippen LogP contribution >= 0.6 is 0 Å². The number of anilines is 1. The molecule has 122 valence electrons. The summed E-state index contributed by atoms with van der Waals surface area (Å²) in [5.41, 5.74) is 6.77. The van der Waals surface area contributed by atoms with E-state index in [1.54, 1.807) is 0 Å². The Morgan fingerprint density at radius 2 is 2.05 bits per heavy atom. The first-order chi connectivity index (χ1) is 10.5. The van der Waals surface area contributed by atoms with E-state index >= 15 is 0 Å². The molecule has 1 aliphatic carbocycles. The summed E-state index contributed by atoms with van der Waals surface area (Å²) in [6.07, 6.45) is 4.85. The minimum Gasteiger partial charge on any atom is -0.494 e. The summed E-state index contributed by atoms with van der Waals surface area (Å²) in [6, 6.07) is 7.77. The third-order valence-corrected chi connectivity index (χ3v) is 4.17. The number of nitrogens with two attached hydrogens (primary N) is 1. The van der Waals surface area contributed by atoms with Gasteiger partial charge >= 0.3 is 0 Å². The van der Waals surface area contributed by atoms with Crippen LogP contribution in [-0.2, 0) is 4.79 Å². The van der Waals surface area contributed by atoms with E-state index in [2.05, 4.69) is 19.2 Å². The van der Waals surface area contributed by atoms with Gasteiger partial charge in [-0.2, -0.15) is 0 Å². The average Bonchev–Trinajstić information content (AvgIpc) is 2.48. The van der Waals surface area contributed by atoms with Crippen LogP contribution in [0.1, 0.15) is 46.0 Å². The highest BCUT2D eigenvalue weighted by Crippen LogP contribution is 2.25. The van der Waals surface area contributed by atoms with Crippen molar-refractivity contribution in [1.82, 2.24) is 0 Å². The van der Waals surface area contributed by atoms with Crippen LogP contribution < -0.4 is 15.8 Å². The Hall–Kier alpha value is -1.55. The van der Waals surface area contributed by atoms with Gasteiger partial charge in [0, 0.05) is 17.6 Å². The lowest BCUT2D eigenvalue weighted by Crippen LogP contribution is -2.34. The highest BCUT2D eigenvalue weighted by atomic mass is 16.5. The molecule has 2 rings (SSSR count). The Morgan fingerprint density at radius 3 is 2.68 bits per heavy atom. The Kier molecular flexibility index (Phi) is 6.25. The monoisotopic (exact) mass is 304 g/mol. The van der Waals surface area contributed by atoms with Crippen LogP contribution in [0.25, 0.3) is 0 Å². The lowest BCUT2D eigenvalue weighted by Gasteiger charge is -2.25. The topological polar surface area (TPSA) is 64.3 Å². The van der Waals surface area contributed by atoms with Crippen LogP contribution in [0.5, 0.6) is 5.75 Å². The smallest absolute Gasteiger partial charge is 0.227 e. The van der Waals surface area contributed by atoms with Crippen molar-refractivity contribution in [2.45, 2.75) is 52.0 Å². The number of ether oxygens (including phenoxy) is 1. The summed E-state index contributed by atoms with van der Waals surface area (Å²) < 4.78 is 5.68. The van der Waals surface area contributed by atoms with E-state index in [1.807, 2.05) is 24.3 Å². The summed E-state index contributed by atoms with van der Waals surface area (Å²) in [6.45, 7) is 5.08. The average molecular weight is 304 g/mol. The standard InChI is InChI=1S/C18H28N2O2/c1-13(2)10-11-22-17-8-6-16(7-9-17)20-18(21)14-4-3-5-15(19)12-14/h6-9,13-15H,3-5,10-12,19H2,1-2H3,(H,20,21). The van der Waals surface area contributed by atoms with Crippen LogP contribution in [0.4, 0.5) is 5.69 Å². The molecule has 0 aromatic heterocycles. The largest absolute Gasteiger partial charge is 0.494 e. The number of hydrogen-bond donors (Lipinski definition) is 2. The number of amides is 1. The lowest BCUT2D eigenvalue weighted by atomic mass is 9.85. The second kappa shape index (κ2) is 8.18. The fourth-order valence-corrected chi connectivity index (χ4v) is 2.76. The number of rotatable bonds is 6. The third-order valence-electron chi connectivity index (χ3n) is 4.17. The zero-order valence-electron chi connectivity index (χ0n) is 13.7. The Morgan fingerprint density at radius 1 is 1.32 bits per heavy atom. The summed E-state index contributed by atoms with van der Waals surface area (Å²) in [5, 5.41) is 2.98. The molecule has 1 fully saturated rings.